The molecular weight excluding hydrogens is 138 g/mol. The maximum atomic E-state index is 4.15. The van der Waals surface area contributed by atoms with E-state index in [0.717, 1.165) is 18.8 Å². The number of nitrogens with one attached hydrogen (secondary N) is 2. The van der Waals surface area contributed by atoms with Gasteiger partial charge in [-0.25, -0.2) is 4.98 Å². The van der Waals surface area contributed by atoms with Crippen molar-refractivity contribution in [2.24, 2.45) is 0 Å². The van der Waals surface area contributed by atoms with E-state index >= 15 is 0 Å². The Morgan fingerprint density at radius 3 is 3.09 bits per heavy atom. The summed E-state index contributed by atoms with van der Waals surface area (Å²) in [6.45, 7) is 5.30. The number of imidazole rings is 1. The lowest BCUT2D eigenvalue weighted by molar-refractivity contribution is 0.548. The van der Waals surface area contributed by atoms with Gasteiger partial charge in [-0.05, 0) is 19.9 Å². The van der Waals surface area contributed by atoms with Gasteiger partial charge < -0.3 is 10.3 Å². The minimum Gasteiger partial charge on any atom is -0.347 e. The molecule has 0 saturated carbocycles. The first-order valence-electron chi connectivity index (χ1n) is 4.07. The highest BCUT2D eigenvalue weighted by molar-refractivity contribution is 4.93. The molecule has 0 radical (unpaired) electrons. The maximum absolute atomic E-state index is 4.15. The molecule has 2 N–H and O–H groups in total. The molecule has 3 nitrogen and oxygen atoms in total. The zero-order valence-electron chi connectivity index (χ0n) is 7.09. The van der Waals surface area contributed by atoms with Gasteiger partial charge >= 0.3 is 0 Å². The van der Waals surface area contributed by atoms with E-state index in [1.54, 1.807) is 6.20 Å². The van der Waals surface area contributed by atoms with Crippen LogP contribution in [0.15, 0.2) is 12.4 Å². The van der Waals surface area contributed by atoms with E-state index in [0.29, 0.717) is 6.04 Å². The molecule has 0 bridgehead atoms. The normalized spacial score (nSPS) is 13.3. The first kappa shape index (κ1) is 8.27. The molecule has 0 aliphatic carbocycles. The van der Waals surface area contributed by atoms with Crippen LogP contribution in [0.25, 0.3) is 0 Å². The fourth-order valence-electron chi connectivity index (χ4n) is 0.972. The van der Waals surface area contributed by atoms with Crippen LogP contribution in [0.3, 0.4) is 0 Å². The minimum atomic E-state index is 0.338. The Morgan fingerprint density at radius 2 is 2.55 bits per heavy atom. The highest BCUT2D eigenvalue weighted by Gasteiger charge is 2.04. The van der Waals surface area contributed by atoms with Crippen LogP contribution >= 0.6 is 0 Å². The summed E-state index contributed by atoms with van der Waals surface area (Å²) >= 11 is 0. The molecule has 0 fully saturated rings. The summed E-state index contributed by atoms with van der Waals surface area (Å²) in [5.41, 5.74) is 0. The van der Waals surface area contributed by atoms with E-state index in [4.69, 9.17) is 0 Å². The van der Waals surface area contributed by atoms with E-state index in [1.165, 1.54) is 0 Å². The zero-order valence-corrected chi connectivity index (χ0v) is 7.09. The second-order valence-electron chi connectivity index (χ2n) is 2.65. The average molecular weight is 153 g/mol. The summed E-state index contributed by atoms with van der Waals surface area (Å²) in [6.07, 6.45) is 4.78. The Bertz CT molecular complexity index is 181. The van der Waals surface area contributed by atoms with Crippen molar-refractivity contribution in [2.45, 2.75) is 26.3 Å². The van der Waals surface area contributed by atoms with Crippen molar-refractivity contribution >= 4 is 0 Å². The first-order valence-corrected chi connectivity index (χ1v) is 4.07. The number of rotatable bonds is 4. The van der Waals surface area contributed by atoms with Crippen LogP contribution in [0.2, 0.25) is 0 Å². The second-order valence-corrected chi connectivity index (χ2v) is 2.65. The topological polar surface area (TPSA) is 40.7 Å². The van der Waals surface area contributed by atoms with Crippen LogP contribution in [-0.2, 0) is 0 Å². The summed E-state index contributed by atoms with van der Waals surface area (Å²) in [4.78, 5) is 7.22. The molecule has 0 aliphatic heterocycles. The molecule has 1 atom stereocenters. The molecule has 3 heteroatoms. The molecule has 0 spiro atoms. The van der Waals surface area contributed by atoms with Gasteiger partial charge in [-0.2, -0.15) is 0 Å². The second kappa shape index (κ2) is 4.13. The van der Waals surface area contributed by atoms with Gasteiger partial charge in [0.15, 0.2) is 0 Å². The summed E-state index contributed by atoms with van der Waals surface area (Å²) in [6, 6.07) is 0.338. The molecule has 1 aromatic rings. The lowest BCUT2D eigenvalue weighted by atomic mass is 10.3. The van der Waals surface area contributed by atoms with E-state index in [-0.39, 0.29) is 0 Å². The van der Waals surface area contributed by atoms with E-state index in [9.17, 15) is 0 Å². The van der Waals surface area contributed by atoms with Gasteiger partial charge in [-0.3, -0.25) is 0 Å². The fraction of sp³-hybridized carbons (Fsp3) is 0.625. The number of H-pyrrole nitrogens is 1. The first-order chi connectivity index (χ1) is 5.34. The van der Waals surface area contributed by atoms with Crippen LogP contribution in [0.4, 0.5) is 0 Å². The molecule has 62 valence electrons. The smallest absolute Gasteiger partial charge is 0.122 e. The van der Waals surface area contributed by atoms with Gasteiger partial charge in [0.25, 0.3) is 0 Å². The molecule has 0 aromatic carbocycles. The van der Waals surface area contributed by atoms with E-state index in [1.807, 2.05) is 6.20 Å². The number of aromatic nitrogens is 2. The monoisotopic (exact) mass is 153 g/mol. The predicted octanol–water partition coefficient (Wildman–Crippen LogP) is 1.47. The maximum Gasteiger partial charge on any atom is 0.122 e. The third kappa shape index (κ3) is 2.35. The molecule has 1 heterocycles. The molecule has 0 aliphatic rings. The SMILES string of the molecule is CCCNC(C)c1ncc[nH]1. The van der Waals surface area contributed by atoms with Crippen LogP contribution in [0, 0.1) is 0 Å². The van der Waals surface area contributed by atoms with Crippen molar-refractivity contribution in [2.75, 3.05) is 6.54 Å². The largest absolute Gasteiger partial charge is 0.347 e. The highest BCUT2D eigenvalue weighted by Crippen LogP contribution is 2.03. The number of hydrogen-bond donors (Lipinski definition) is 2. The lowest BCUT2D eigenvalue weighted by Crippen LogP contribution is -2.20. The molecule has 0 amide bonds. The van der Waals surface area contributed by atoms with Crippen LogP contribution in [0.5, 0.6) is 0 Å². The van der Waals surface area contributed by atoms with Gasteiger partial charge in [0.2, 0.25) is 0 Å². The summed E-state index contributed by atoms with van der Waals surface area (Å²) in [5, 5.41) is 3.34. The van der Waals surface area contributed by atoms with Crippen LogP contribution < -0.4 is 5.32 Å². The van der Waals surface area contributed by atoms with Gasteiger partial charge in [0.1, 0.15) is 5.82 Å². The Hall–Kier alpha value is -0.830. The predicted molar refractivity (Wildman–Crippen MR) is 45.3 cm³/mol. The molecule has 1 aromatic heterocycles. The lowest BCUT2D eigenvalue weighted by Gasteiger charge is -2.09. The van der Waals surface area contributed by atoms with Gasteiger partial charge in [0.05, 0.1) is 6.04 Å². The standard InChI is InChI=1S/C8H15N3/c1-3-4-9-7(2)8-10-5-6-11-8/h5-7,9H,3-4H2,1-2H3,(H,10,11). The Morgan fingerprint density at radius 1 is 1.73 bits per heavy atom. The van der Waals surface area contributed by atoms with Crippen molar-refractivity contribution in [3.63, 3.8) is 0 Å². The van der Waals surface area contributed by atoms with Gasteiger partial charge in [-0.1, -0.05) is 6.92 Å². The van der Waals surface area contributed by atoms with Gasteiger partial charge in [-0.15, -0.1) is 0 Å². The van der Waals surface area contributed by atoms with Crippen molar-refractivity contribution in [1.29, 1.82) is 0 Å². The van der Waals surface area contributed by atoms with Crippen LogP contribution in [-0.4, -0.2) is 16.5 Å². The quantitative estimate of drug-likeness (QED) is 0.687. The number of aromatic amines is 1. The summed E-state index contributed by atoms with van der Waals surface area (Å²) in [5.74, 6) is 1.01. The minimum absolute atomic E-state index is 0.338. The molecule has 1 unspecified atom stereocenters. The van der Waals surface area contributed by atoms with E-state index < -0.39 is 0 Å². The summed E-state index contributed by atoms with van der Waals surface area (Å²) in [7, 11) is 0. The molecule has 0 saturated heterocycles. The fourth-order valence-corrected chi connectivity index (χ4v) is 0.972. The van der Waals surface area contributed by atoms with Crippen molar-refractivity contribution in [3.05, 3.63) is 18.2 Å². The number of hydrogen-bond acceptors (Lipinski definition) is 2. The van der Waals surface area contributed by atoms with Crippen molar-refractivity contribution < 1.29 is 0 Å². The molecule has 1 rings (SSSR count). The van der Waals surface area contributed by atoms with Crippen molar-refractivity contribution in [1.82, 2.24) is 15.3 Å². The third-order valence-corrected chi connectivity index (χ3v) is 1.63. The molecule has 11 heavy (non-hydrogen) atoms. The van der Waals surface area contributed by atoms with Crippen LogP contribution in [0.1, 0.15) is 32.1 Å². The highest BCUT2D eigenvalue weighted by atomic mass is 15.0. The average Bonchev–Trinajstić information content (AvgIpc) is 2.52. The summed E-state index contributed by atoms with van der Waals surface area (Å²) < 4.78 is 0. The van der Waals surface area contributed by atoms with Crippen molar-refractivity contribution in [3.8, 4) is 0 Å². The Balaban J connectivity index is 2.36. The Kier molecular flexibility index (Phi) is 3.11. The zero-order chi connectivity index (χ0) is 8.10. The number of nitrogens with zero attached hydrogens (tertiary/aromatic N) is 1. The van der Waals surface area contributed by atoms with E-state index in [2.05, 4.69) is 29.1 Å². The molecular formula is C8H15N3. The van der Waals surface area contributed by atoms with Gasteiger partial charge in [0, 0.05) is 12.4 Å². The Labute approximate surface area is 67.2 Å². The third-order valence-electron chi connectivity index (χ3n) is 1.63.